The fourth-order valence-electron chi connectivity index (χ4n) is 4.08. The Hall–Kier alpha value is -4.10. The van der Waals surface area contributed by atoms with Crippen molar-refractivity contribution < 1.29 is 37.0 Å². The minimum atomic E-state index is -4.02. The van der Waals surface area contributed by atoms with E-state index in [1.165, 1.54) is 55.5 Å². The molecule has 3 aromatic rings. The minimum Gasteiger partial charge on any atom is -0.497 e. The van der Waals surface area contributed by atoms with Gasteiger partial charge in [0.2, 0.25) is 0 Å². The van der Waals surface area contributed by atoms with Crippen LogP contribution in [0.4, 0.5) is 15.5 Å². The van der Waals surface area contributed by atoms with Crippen molar-refractivity contribution in [1.29, 1.82) is 0 Å². The molecule has 2 aromatic carbocycles. The van der Waals surface area contributed by atoms with Gasteiger partial charge >= 0.3 is 12.1 Å². The monoisotopic (exact) mass is 573 g/mol. The number of amides is 2. The number of nitrogens with zero attached hydrogens (tertiary/aromatic N) is 1. The minimum absolute atomic E-state index is 0.0106. The Kier molecular flexibility index (Phi) is 8.41. The number of nitrogens with one attached hydrogen (secondary N) is 2. The Morgan fingerprint density at radius 3 is 2.44 bits per heavy atom. The average molecular weight is 574 g/mol. The number of fused-ring (bicyclic) bond motifs is 1. The maximum Gasteiger partial charge on any atom is 0.410 e. The highest BCUT2D eigenvalue weighted by molar-refractivity contribution is 7.92. The van der Waals surface area contributed by atoms with Gasteiger partial charge in [-0.05, 0) is 55.3 Å². The lowest BCUT2D eigenvalue weighted by atomic mass is 10.0. The number of thiophene rings is 1. The van der Waals surface area contributed by atoms with E-state index < -0.39 is 28.0 Å². The number of hydrogen-bond acceptors (Lipinski definition) is 9. The molecule has 0 atom stereocenters. The fourth-order valence-corrected chi connectivity index (χ4v) is 6.41. The van der Waals surface area contributed by atoms with Crippen LogP contribution in [0.15, 0.2) is 53.4 Å². The van der Waals surface area contributed by atoms with Gasteiger partial charge in [-0.3, -0.25) is 9.52 Å². The molecule has 2 amide bonds. The van der Waals surface area contributed by atoms with Crippen molar-refractivity contribution in [2.75, 3.05) is 37.4 Å². The smallest absolute Gasteiger partial charge is 0.410 e. The first-order valence-electron chi connectivity index (χ1n) is 11.9. The summed E-state index contributed by atoms with van der Waals surface area (Å²) in [5.41, 5.74) is 1.01. The van der Waals surface area contributed by atoms with E-state index in [9.17, 15) is 22.8 Å². The van der Waals surface area contributed by atoms with Gasteiger partial charge in [0, 0.05) is 11.4 Å². The summed E-state index contributed by atoms with van der Waals surface area (Å²) in [7, 11) is -1.30. The molecular formula is C26H27N3O8S2. The zero-order valence-electron chi connectivity index (χ0n) is 21.5. The molecule has 1 aliphatic rings. The summed E-state index contributed by atoms with van der Waals surface area (Å²) in [6.07, 6.45) is -0.0803. The van der Waals surface area contributed by atoms with Crippen LogP contribution in [-0.4, -0.2) is 58.7 Å². The quantitative estimate of drug-likeness (QED) is 0.384. The molecule has 1 aromatic heterocycles. The van der Waals surface area contributed by atoms with Gasteiger partial charge in [0.15, 0.2) is 0 Å². The lowest BCUT2D eigenvalue weighted by molar-refractivity contribution is 0.0600. The van der Waals surface area contributed by atoms with E-state index in [4.69, 9.17) is 14.2 Å². The molecular weight excluding hydrogens is 546 g/mol. The summed E-state index contributed by atoms with van der Waals surface area (Å²) in [6.45, 7) is 2.52. The van der Waals surface area contributed by atoms with Crippen LogP contribution < -0.4 is 14.8 Å². The second kappa shape index (κ2) is 11.7. The Labute approximate surface area is 229 Å². The molecule has 0 radical (unpaired) electrons. The van der Waals surface area contributed by atoms with E-state index in [1.807, 2.05) is 0 Å². The highest BCUT2D eigenvalue weighted by atomic mass is 32.2. The highest BCUT2D eigenvalue weighted by Crippen LogP contribution is 2.38. The second-order valence-electron chi connectivity index (χ2n) is 8.35. The number of para-hydroxylation sites is 1. The van der Waals surface area contributed by atoms with Gasteiger partial charge in [-0.2, -0.15) is 0 Å². The van der Waals surface area contributed by atoms with Gasteiger partial charge in [0.1, 0.15) is 10.8 Å². The maximum atomic E-state index is 13.4. The molecule has 11 nitrogen and oxygen atoms in total. The number of benzene rings is 2. The van der Waals surface area contributed by atoms with Gasteiger partial charge < -0.3 is 24.4 Å². The molecule has 2 N–H and O–H groups in total. The molecule has 39 heavy (non-hydrogen) atoms. The van der Waals surface area contributed by atoms with Crippen LogP contribution in [0.25, 0.3) is 0 Å². The van der Waals surface area contributed by atoms with E-state index in [1.54, 1.807) is 19.1 Å². The summed E-state index contributed by atoms with van der Waals surface area (Å²) < 4.78 is 43.6. The van der Waals surface area contributed by atoms with E-state index >= 15 is 0 Å². The largest absolute Gasteiger partial charge is 0.497 e. The van der Waals surface area contributed by atoms with Crippen molar-refractivity contribution in [3.05, 3.63) is 70.1 Å². The van der Waals surface area contributed by atoms with Crippen molar-refractivity contribution >= 4 is 50.0 Å². The Balaban J connectivity index is 1.61. The van der Waals surface area contributed by atoms with Gasteiger partial charge in [0.05, 0.1) is 49.1 Å². The predicted molar refractivity (Wildman–Crippen MR) is 145 cm³/mol. The summed E-state index contributed by atoms with van der Waals surface area (Å²) in [5, 5.41) is 2.99. The number of hydrogen-bond donors (Lipinski definition) is 2. The Morgan fingerprint density at radius 2 is 1.77 bits per heavy atom. The first-order valence-corrected chi connectivity index (χ1v) is 14.2. The number of sulfonamides is 1. The third-order valence-corrected chi connectivity index (χ3v) is 8.50. The molecule has 0 spiro atoms. The lowest BCUT2D eigenvalue weighted by Crippen LogP contribution is -2.36. The fraction of sp³-hybridized carbons (Fsp3) is 0.269. The van der Waals surface area contributed by atoms with Crippen LogP contribution in [0.1, 0.15) is 38.1 Å². The van der Waals surface area contributed by atoms with Crippen LogP contribution in [0.2, 0.25) is 0 Å². The van der Waals surface area contributed by atoms with Crippen LogP contribution >= 0.6 is 11.3 Å². The van der Waals surface area contributed by atoms with Gasteiger partial charge in [-0.15, -0.1) is 11.3 Å². The van der Waals surface area contributed by atoms with Crippen molar-refractivity contribution in [2.24, 2.45) is 0 Å². The Bertz CT molecular complexity index is 1500. The van der Waals surface area contributed by atoms with E-state index in [-0.39, 0.29) is 39.9 Å². The molecule has 0 saturated heterocycles. The molecule has 206 valence electrons. The summed E-state index contributed by atoms with van der Waals surface area (Å²) in [6, 6.07) is 11.9. The maximum absolute atomic E-state index is 13.4. The van der Waals surface area contributed by atoms with Crippen molar-refractivity contribution in [1.82, 2.24) is 4.90 Å². The normalized spacial score (nSPS) is 12.7. The van der Waals surface area contributed by atoms with E-state index in [2.05, 4.69) is 10.0 Å². The van der Waals surface area contributed by atoms with Crippen molar-refractivity contribution in [2.45, 2.75) is 24.8 Å². The van der Waals surface area contributed by atoms with Crippen molar-refractivity contribution in [3.8, 4) is 5.75 Å². The van der Waals surface area contributed by atoms with Crippen LogP contribution in [0.5, 0.6) is 5.75 Å². The van der Waals surface area contributed by atoms with E-state index in [0.717, 1.165) is 16.2 Å². The number of ether oxygens (including phenoxy) is 3. The zero-order chi connectivity index (χ0) is 28.2. The molecule has 0 bridgehead atoms. The first-order chi connectivity index (χ1) is 18.7. The summed E-state index contributed by atoms with van der Waals surface area (Å²) >= 11 is 1.15. The van der Waals surface area contributed by atoms with Gasteiger partial charge in [-0.25, -0.2) is 18.0 Å². The number of carbonyl (C=O) groups is 3. The third kappa shape index (κ3) is 5.99. The van der Waals surface area contributed by atoms with Crippen LogP contribution in [0, 0.1) is 0 Å². The average Bonchev–Trinajstić information content (AvgIpc) is 3.29. The van der Waals surface area contributed by atoms with Crippen molar-refractivity contribution in [3.63, 3.8) is 0 Å². The number of methoxy groups -OCH3 is 2. The lowest BCUT2D eigenvalue weighted by Gasteiger charge is -2.26. The standard InChI is InChI=1S/C26H27N3O8S2/c1-4-37-26(32)29-14-13-19-21(15-29)38-24(22(19)25(31)36-3)27-23(30)18-7-5-6-8-20(18)28-39(33,34)17-11-9-16(35-2)10-12-17/h5-12,28H,4,13-15H2,1-3H3,(H,27,30). The third-order valence-electron chi connectivity index (χ3n) is 5.99. The SMILES string of the molecule is CCOC(=O)N1CCc2c(sc(NC(=O)c3ccccc3NS(=O)(=O)c3ccc(OC)cc3)c2C(=O)OC)C1. The molecule has 0 fully saturated rings. The number of carbonyl (C=O) groups excluding carboxylic acids is 3. The van der Waals surface area contributed by atoms with Gasteiger partial charge in [0.25, 0.3) is 15.9 Å². The summed E-state index contributed by atoms with van der Waals surface area (Å²) in [5.74, 6) is -0.755. The predicted octanol–water partition coefficient (Wildman–Crippen LogP) is 4.11. The number of esters is 1. The Morgan fingerprint density at radius 1 is 1.05 bits per heavy atom. The molecule has 1 aliphatic heterocycles. The molecule has 4 rings (SSSR count). The molecule has 0 unspecified atom stereocenters. The van der Waals surface area contributed by atoms with Gasteiger partial charge in [-0.1, -0.05) is 12.1 Å². The number of anilines is 2. The number of rotatable bonds is 8. The summed E-state index contributed by atoms with van der Waals surface area (Å²) in [4.78, 5) is 40.5. The topological polar surface area (TPSA) is 140 Å². The zero-order valence-corrected chi connectivity index (χ0v) is 23.1. The highest BCUT2D eigenvalue weighted by Gasteiger charge is 2.32. The first kappa shape index (κ1) is 27.9. The second-order valence-corrected chi connectivity index (χ2v) is 11.1. The van der Waals surface area contributed by atoms with Crippen LogP contribution in [0.3, 0.4) is 0 Å². The van der Waals surface area contributed by atoms with Crippen LogP contribution in [-0.2, 0) is 32.5 Å². The molecule has 2 heterocycles. The van der Waals surface area contributed by atoms with E-state index in [0.29, 0.717) is 24.3 Å². The molecule has 0 saturated carbocycles. The molecule has 0 aliphatic carbocycles. The molecule has 13 heteroatoms.